The van der Waals surface area contributed by atoms with Gasteiger partial charge in [0.1, 0.15) is 5.69 Å². The molecule has 1 fully saturated rings. The van der Waals surface area contributed by atoms with E-state index in [0.29, 0.717) is 11.6 Å². The average molecular weight is 329 g/mol. The highest BCUT2D eigenvalue weighted by Gasteiger charge is 2.30. The maximum absolute atomic E-state index is 12.5. The molecule has 0 saturated heterocycles. The maximum atomic E-state index is 12.5. The minimum Gasteiger partial charge on any atom is -0.393 e. The van der Waals surface area contributed by atoms with Gasteiger partial charge in [-0.1, -0.05) is 0 Å². The smallest absolute Gasteiger partial charge is 0.270 e. The van der Waals surface area contributed by atoms with Crippen LogP contribution in [0.25, 0.3) is 0 Å². The molecule has 0 atom stereocenters. The van der Waals surface area contributed by atoms with Crippen molar-refractivity contribution in [1.82, 2.24) is 9.47 Å². The molecule has 106 valence electrons. The summed E-state index contributed by atoms with van der Waals surface area (Å²) in [4.78, 5) is 14.2. The first-order valence-electron chi connectivity index (χ1n) is 6.69. The molecular weight excluding hydrogens is 308 g/mol. The van der Waals surface area contributed by atoms with Gasteiger partial charge in [0.2, 0.25) is 0 Å². The topological polar surface area (TPSA) is 45.5 Å². The number of hydrogen-bond acceptors (Lipinski definition) is 2. The average Bonchev–Trinajstić information content (AvgIpc) is 2.68. The second-order valence-corrected chi connectivity index (χ2v) is 6.64. The molecule has 1 aromatic heterocycles. The molecule has 5 heteroatoms. The highest BCUT2D eigenvalue weighted by atomic mass is 79.9. The monoisotopic (exact) mass is 328 g/mol. The number of aliphatic hydroxyl groups excluding tert-OH is 1. The summed E-state index contributed by atoms with van der Waals surface area (Å²) in [6.07, 6.45) is 3.40. The molecule has 1 aliphatic carbocycles. The van der Waals surface area contributed by atoms with Crippen LogP contribution in [0.4, 0.5) is 0 Å². The Morgan fingerprint density at radius 1 is 1.58 bits per heavy atom. The van der Waals surface area contributed by atoms with Crippen molar-refractivity contribution in [3.63, 3.8) is 0 Å². The minimum atomic E-state index is -0.165. The van der Waals surface area contributed by atoms with Crippen molar-refractivity contribution < 1.29 is 9.90 Å². The molecule has 1 amide bonds. The molecule has 1 aliphatic rings. The van der Waals surface area contributed by atoms with E-state index in [1.54, 1.807) is 4.90 Å². The summed E-state index contributed by atoms with van der Waals surface area (Å²) in [5.74, 6) is 0.482. The van der Waals surface area contributed by atoms with Crippen molar-refractivity contribution in [3.8, 4) is 0 Å². The quantitative estimate of drug-likeness (QED) is 0.923. The van der Waals surface area contributed by atoms with Gasteiger partial charge in [-0.05, 0) is 54.6 Å². The fraction of sp³-hybridized carbons (Fsp3) is 0.643. The summed E-state index contributed by atoms with van der Waals surface area (Å²) in [5, 5.41) is 9.29. The summed E-state index contributed by atoms with van der Waals surface area (Å²) < 4.78 is 2.91. The predicted molar refractivity (Wildman–Crippen MR) is 78.2 cm³/mol. The number of halogens is 1. The Balaban J connectivity index is 2.06. The van der Waals surface area contributed by atoms with E-state index in [0.717, 1.165) is 23.9 Å². The van der Waals surface area contributed by atoms with Crippen molar-refractivity contribution in [2.45, 2.75) is 38.8 Å². The lowest BCUT2D eigenvalue weighted by Crippen LogP contribution is -2.40. The Morgan fingerprint density at radius 2 is 2.21 bits per heavy atom. The lowest BCUT2D eigenvalue weighted by molar-refractivity contribution is 0.0262. The van der Waals surface area contributed by atoms with Gasteiger partial charge in [0.25, 0.3) is 5.91 Å². The van der Waals surface area contributed by atoms with Crippen LogP contribution >= 0.6 is 15.9 Å². The standard InChI is InChI=1S/C14H21BrN2O2/c1-9(2)17-8-11(15)6-13(17)14(19)16(3)7-10-4-12(18)5-10/h6,8-10,12,18H,4-5,7H2,1-3H3. The molecule has 1 N–H and O–H groups in total. The third-order valence-corrected chi connectivity index (χ3v) is 4.11. The molecule has 0 aromatic carbocycles. The van der Waals surface area contributed by atoms with Crippen LogP contribution in [0.15, 0.2) is 16.7 Å². The summed E-state index contributed by atoms with van der Waals surface area (Å²) in [7, 11) is 1.83. The largest absolute Gasteiger partial charge is 0.393 e. The van der Waals surface area contributed by atoms with Crippen LogP contribution in [0.2, 0.25) is 0 Å². The zero-order valence-corrected chi connectivity index (χ0v) is 13.2. The molecule has 19 heavy (non-hydrogen) atoms. The Hall–Kier alpha value is -0.810. The Morgan fingerprint density at radius 3 is 2.74 bits per heavy atom. The van der Waals surface area contributed by atoms with Crippen molar-refractivity contribution in [3.05, 3.63) is 22.4 Å². The highest BCUT2D eigenvalue weighted by Crippen LogP contribution is 2.28. The number of carbonyl (C=O) groups is 1. The van der Waals surface area contributed by atoms with Gasteiger partial charge in [0.15, 0.2) is 0 Å². The lowest BCUT2D eigenvalue weighted by Gasteiger charge is -2.34. The number of rotatable bonds is 4. The van der Waals surface area contributed by atoms with E-state index in [2.05, 4.69) is 29.8 Å². The van der Waals surface area contributed by atoms with E-state index < -0.39 is 0 Å². The van der Waals surface area contributed by atoms with Crippen molar-refractivity contribution >= 4 is 21.8 Å². The number of amides is 1. The molecular formula is C14H21BrN2O2. The number of carbonyl (C=O) groups excluding carboxylic acids is 1. The van der Waals surface area contributed by atoms with Crippen molar-refractivity contribution in [2.75, 3.05) is 13.6 Å². The van der Waals surface area contributed by atoms with Gasteiger partial charge in [0.05, 0.1) is 6.10 Å². The molecule has 0 radical (unpaired) electrons. The van der Waals surface area contributed by atoms with Crippen molar-refractivity contribution in [2.24, 2.45) is 5.92 Å². The third-order valence-electron chi connectivity index (χ3n) is 3.68. The first kappa shape index (κ1) is 14.6. The Kier molecular flexibility index (Phi) is 4.36. The summed E-state index contributed by atoms with van der Waals surface area (Å²) in [5.41, 5.74) is 0.712. The zero-order chi connectivity index (χ0) is 14.2. The molecule has 1 heterocycles. The fourth-order valence-electron chi connectivity index (χ4n) is 2.56. The number of aromatic nitrogens is 1. The molecule has 4 nitrogen and oxygen atoms in total. The van der Waals surface area contributed by atoms with Gasteiger partial charge in [-0.3, -0.25) is 4.79 Å². The first-order valence-corrected chi connectivity index (χ1v) is 7.48. The Bertz CT molecular complexity index is 464. The van der Waals surface area contributed by atoms with Crippen molar-refractivity contribution in [1.29, 1.82) is 0 Å². The van der Waals surface area contributed by atoms with Gasteiger partial charge >= 0.3 is 0 Å². The van der Waals surface area contributed by atoms with Gasteiger partial charge in [-0.25, -0.2) is 0 Å². The van der Waals surface area contributed by atoms with Crippen LogP contribution in [0.1, 0.15) is 43.2 Å². The second kappa shape index (κ2) is 5.67. The normalized spacial score (nSPS) is 22.4. The fourth-order valence-corrected chi connectivity index (χ4v) is 3.00. The van der Waals surface area contributed by atoms with E-state index in [4.69, 9.17) is 0 Å². The molecule has 2 rings (SSSR count). The Labute approximate surface area is 122 Å². The number of aliphatic hydroxyl groups is 1. The van der Waals surface area contributed by atoms with Crippen LogP contribution in [0, 0.1) is 5.92 Å². The van der Waals surface area contributed by atoms with E-state index in [1.807, 2.05) is 23.9 Å². The summed E-state index contributed by atoms with van der Waals surface area (Å²) >= 11 is 3.43. The summed E-state index contributed by atoms with van der Waals surface area (Å²) in [6.45, 7) is 4.84. The highest BCUT2D eigenvalue weighted by molar-refractivity contribution is 9.10. The van der Waals surface area contributed by atoms with Crippen LogP contribution in [0.3, 0.4) is 0 Å². The molecule has 0 aliphatic heterocycles. The molecule has 0 unspecified atom stereocenters. The zero-order valence-electron chi connectivity index (χ0n) is 11.6. The van der Waals surface area contributed by atoms with Crippen LogP contribution < -0.4 is 0 Å². The van der Waals surface area contributed by atoms with Crippen LogP contribution in [-0.4, -0.2) is 40.2 Å². The summed E-state index contributed by atoms with van der Waals surface area (Å²) in [6, 6.07) is 2.12. The van der Waals surface area contributed by atoms with E-state index in [9.17, 15) is 9.90 Å². The maximum Gasteiger partial charge on any atom is 0.270 e. The van der Waals surface area contributed by atoms with Gasteiger partial charge in [0, 0.05) is 30.3 Å². The van der Waals surface area contributed by atoms with Gasteiger partial charge < -0.3 is 14.6 Å². The van der Waals surface area contributed by atoms with Crippen LogP contribution in [-0.2, 0) is 0 Å². The van der Waals surface area contributed by atoms with Gasteiger partial charge in [-0.15, -0.1) is 0 Å². The number of hydrogen-bond donors (Lipinski definition) is 1. The van der Waals surface area contributed by atoms with Crippen LogP contribution in [0.5, 0.6) is 0 Å². The van der Waals surface area contributed by atoms with E-state index in [-0.39, 0.29) is 18.1 Å². The molecule has 0 bridgehead atoms. The molecule has 1 saturated carbocycles. The SMILES string of the molecule is CC(C)n1cc(Br)cc1C(=O)N(C)CC1CC(O)C1. The molecule has 1 aromatic rings. The van der Waals surface area contributed by atoms with E-state index >= 15 is 0 Å². The first-order chi connectivity index (χ1) is 8.88. The van der Waals surface area contributed by atoms with Gasteiger partial charge in [-0.2, -0.15) is 0 Å². The third kappa shape index (κ3) is 3.20. The predicted octanol–water partition coefficient (Wildman–Crippen LogP) is 2.67. The second-order valence-electron chi connectivity index (χ2n) is 5.72. The number of nitrogens with zero attached hydrogens (tertiary/aromatic N) is 2. The lowest BCUT2D eigenvalue weighted by atomic mass is 9.82. The minimum absolute atomic E-state index is 0.0424. The van der Waals surface area contributed by atoms with E-state index in [1.165, 1.54) is 0 Å². The molecule has 0 spiro atoms.